The minimum absolute atomic E-state index is 0. The van der Waals surface area contributed by atoms with Gasteiger partial charge in [-0.1, -0.05) is 162 Å². The molecule has 9 heteroatoms. The molecule has 7 nitrogen and oxygen atoms in total. The standard InChI is InChI=1S/C33H67O7P.Na.H/c1-3-5-7-9-11-13-15-16-17-18-19-20-22-24-26-28-33(36)40-41(37,39-31-32(35)30-34)38-29-27-25-23-21-14-12-10-8-6-4-2;;/h32,34-35H,3-31H2,1-2H3;;/q;+1;-1. The summed E-state index contributed by atoms with van der Waals surface area (Å²) in [6.07, 6.45) is 29.3. The number of aliphatic hydroxyl groups is 2. The zero-order valence-corrected chi connectivity index (χ0v) is 30.9. The van der Waals surface area contributed by atoms with Crippen LogP contribution >= 0.6 is 7.82 Å². The van der Waals surface area contributed by atoms with Gasteiger partial charge in [0.2, 0.25) is 0 Å². The van der Waals surface area contributed by atoms with E-state index in [1.807, 2.05) is 0 Å². The summed E-state index contributed by atoms with van der Waals surface area (Å²) in [4.78, 5) is 12.3. The third-order valence-corrected chi connectivity index (χ3v) is 8.97. The Bertz CT molecular complexity index is 616. The van der Waals surface area contributed by atoms with Crippen molar-refractivity contribution < 1.29 is 64.1 Å². The van der Waals surface area contributed by atoms with Crippen molar-refractivity contribution >= 4 is 13.8 Å². The molecule has 0 aromatic heterocycles. The van der Waals surface area contributed by atoms with Crippen LogP contribution < -0.4 is 29.6 Å². The average Bonchev–Trinajstić information content (AvgIpc) is 2.96. The van der Waals surface area contributed by atoms with E-state index < -0.39 is 33.1 Å². The van der Waals surface area contributed by atoms with E-state index in [9.17, 15) is 14.5 Å². The Balaban J connectivity index is -0.00000800. The van der Waals surface area contributed by atoms with E-state index in [1.54, 1.807) is 0 Å². The van der Waals surface area contributed by atoms with E-state index in [0.29, 0.717) is 12.8 Å². The van der Waals surface area contributed by atoms with Gasteiger partial charge in [-0.25, -0.2) is 4.57 Å². The fourth-order valence-corrected chi connectivity index (χ4v) is 6.12. The monoisotopic (exact) mass is 630 g/mol. The number of rotatable bonds is 33. The van der Waals surface area contributed by atoms with Crippen molar-refractivity contribution in [2.45, 2.75) is 187 Å². The summed E-state index contributed by atoms with van der Waals surface area (Å²) in [5.74, 6) is -0.607. The number of hydrogen-bond acceptors (Lipinski definition) is 7. The minimum Gasteiger partial charge on any atom is -1.00 e. The molecule has 0 bridgehead atoms. The van der Waals surface area contributed by atoms with Crippen LogP contribution in [0.4, 0.5) is 0 Å². The second kappa shape index (κ2) is 34.4. The second-order valence-corrected chi connectivity index (χ2v) is 13.4. The number of phosphoric acid groups is 1. The molecule has 0 aliphatic heterocycles. The first kappa shape index (κ1) is 44.7. The van der Waals surface area contributed by atoms with Crippen molar-refractivity contribution in [3.63, 3.8) is 0 Å². The molecule has 0 aliphatic rings. The first-order valence-corrected chi connectivity index (χ1v) is 18.8. The van der Waals surface area contributed by atoms with Crippen LogP contribution in [-0.4, -0.2) is 42.1 Å². The Morgan fingerprint density at radius 1 is 0.619 bits per heavy atom. The van der Waals surface area contributed by atoms with Gasteiger partial charge in [0, 0.05) is 6.42 Å². The molecule has 0 fully saturated rings. The molecule has 0 amide bonds. The second-order valence-electron chi connectivity index (χ2n) is 11.8. The van der Waals surface area contributed by atoms with Crippen molar-refractivity contribution in [3.8, 4) is 0 Å². The van der Waals surface area contributed by atoms with Gasteiger partial charge in [0.25, 0.3) is 0 Å². The minimum atomic E-state index is -4.13. The maximum absolute atomic E-state index is 13.0. The Hall–Kier alpha value is 0.540. The molecular weight excluding hydrogens is 562 g/mol. The van der Waals surface area contributed by atoms with Gasteiger partial charge in [0.1, 0.15) is 6.10 Å². The predicted octanol–water partition coefficient (Wildman–Crippen LogP) is 7.32. The van der Waals surface area contributed by atoms with Crippen LogP contribution in [0.2, 0.25) is 0 Å². The maximum atomic E-state index is 13.0. The smallest absolute Gasteiger partial charge is 1.00 e. The number of phosphoric ester groups is 1. The van der Waals surface area contributed by atoms with Gasteiger partial charge in [-0.05, 0) is 12.8 Å². The summed E-state index contributed by atoms with van der Waals surface area (Å²) in [5.41, 5.74) is 0. The van der Waals surface area contributed by atoms with Crippen molar-refractivity contribution in [1.29, 1.82) is 0 Å². The van der Waals surface area contributed by atoms with E-state index in [2.05, 4.69) is 13.8 Å². The quantitative estimate of drug-likeness (QED) is 0.0445. The molecule has 0 rings (SSSR count). The van der Waals surface area contributed by atoms with E-state index in [-0.39, 0.29) is 44.0 Å². The predicted molar refractivity (Wildman–Crippen MR) is 171 cm³/mol. The largest absolute Gasteiger partial charge is 1.00 e. The first-order valence-electron chi connectivity index (χ1n) is 17.4. The molecular formula is C33H68NaO7P. The molecule has 0 aromatic rings. The van der Waals surface area contributed by atoms with Gasteiger partial charge in [-0.15, -0.1) is 0 Å². The van der Waals surface area contributed by atoms with Crippen molar-refractivity contribution in [2.75, 3.05) is 19.8 Å². The Labute approximate surface area is 283 Å². The van der Waals surface area contributed by atoms with E-state index in [1.165, 1.54) is 122 Å². The number of carbonyl (C=O) groups is 1. The number of unbranched alkanes of at least 4 members (excludes halogenated alkanes) is 23. The summed E-state index contributed by atoms with van der Waals surface area (Å²) in [7, 11) is -4.13. The molecule has 0 radical (unpaired) electrons. The van der Waals surface area contributed by atoms with Crippen LogP contribution in [0, 0.1) is 0 Å². The molecule has 0 saturated heterocycles. The summed E-state index contributed by atoms with van der Waals surface area (Å²) in [6.45, 7) is 3.69. The zero-order valence-electron chi connectivity index (χ0n) is 29.0. The normalized spacial score (nSPS) is 13.4. The molecule has 2 unspecified atom stereocenters. The summed E-state index contributed by atoms with van der Waals surface area (Å²) in [6, 6.07) is 0. The Morgan fingerprint density at radius 2 is 0.976 bits per heavy atom. The van der Waals surface area contributed by atoms with Gasteiger partial charge in [0.15, 0.2) is 0 Å². The number of carbonyl (C=O) groups excluding carboxylic acids is 1. The van der Waals surface area contributed by atoms with Crippen LogP contribution in [0.5, 0.6) is 0 Å². The molecule has 42 heavy (non-hydrogen) atoms. The topological polar surface area (TPSA) is 102 Å². The van der Waals surface area contributed by atoms with E-state index in [0.717, 1.165) is 25.7 Å². The van der Waals surface area contributed by atoms with Crippen LogP contribution in [-0.2, 0) is 22.9 Å². The van der Waals surface area contributed by atoms with Crippen molar-refractivity contribution in [3.05, 3.63) is 0 Å². The van der Waals surface area contributed by atoms with Crippen LogP contribution in [0.25, 0.3) is 0 Å². The molecule has 0 saturated carbocycles. The van der Waals surface area contributed by atoms with Crippen LogP contribution in [0.3, 0.4) is 0 Å². The number of hydrogen-bond donors (Lipinski definition) is 2. The molecule has 0 aromatic carbocycles. The van der Waals surface area contributed by atoms with Crippen molar-refractivity contribution in [2.24, 2.45) is 0 Å². The first-order chi connectivity index (χ1) is 20.0. The fourth-order valence-electron chi connectivity index (χ4n) is 4.90. The Kier molecular flexibility index (Phi) is 36.6. The number of aliphatic hydroxyl groups excluding tert-OH is 2. The van der Waals surface area contributed by atoms with Crippen LogP contribution in [0.1, 0.15) is 182 Å². The van der Waals surface area contributed by atoms with Gasteiger partial charge < -0.3 is 16.2 Å². The van der Waals surface area contributed by atoms with Gasteiger partial charge in [-0.2, -0.15) is 0 Å². The van der Waals surface area contributed by atoms with E-state index in [4.69, 9.17) is 18.7 Å². The summed E-state index contributed by atoms with van der Waals surface area (Å²) in [5, 5.41) is 18.6. The third kappa shape index (κ3) is 31.9. The average molecular weight is 631 g/mol. The molecule has 0 heterocycles. The van der Waals surface area contributed by atoms with Crippen LogP contribution in [0.15, 0.2) is 0 Å². The van der Waals surface area contributed by atoms with Crippen molar-refractivity contribution in [1.82, 2.24) is 0 Å². The molecule has 2 N–H and O–H groups in total. The summed E-state index contributed by atoms with van der Waals surface area (Å²) < 4.78 is 28.7. The molecule has 0 spiro atoms. The zero-order chi connectivity index (χ0) is 30.3. The molecule has 0 aliphatic carbocycles. The van der Waals surface area contributed by atoms with Gasteiger partial charge >= 0.3 is 43.3 Å². The molecule has 2 atom stereocenters. The molecule has 248 valence electrons. The van der Waals surface area contributed by atoms with Gasteiger partial charge in [0.05, 0.1) is 19.8 Å². The van der Waals surface area contributed by atoms with E-state index >= 15 is 0 Å². The third-order valence-electron chi connectivity index (χ3n) is 7.58. The SMILES string of the molecule is CCCCCCCCCCCCCCCCCC(=O)OP(=O)(OCCCCCCCCCCCC)OCC(O)CO.[H-].[Na+]. The summed E-state index contributed by atoms with van der Waals surface area (Å²) >= 11 is 0. The maximum Gasteiger partial charge on any atom is 1.00 e. The van der Waals surface area contributed by atoms with Gasteiger partial charge in [-0.3, -0.25) is 13.8 Å². The Morgan fingerprint density at radius 3 is 1.36 bits per heavy atom. The fraction of sp³-hybridized carbons (Fsp3) is 0.970.